The molecule has 0 aliphatic heterocycles. The molecule has 0 fully saturated rings. The van der Waals surface area contributed by atoms with E-state index in [4.69, 9.17) is 0 Å². The summed E-state index contributed by atoms with van der Waals surface area (Å²) in [6.07, 6.45) is 0. The van der Waals surface area contributed by atoms with E-state index in [0.717, 1.165) is 22.0 Å². The van der Waals surface area contributed by atoms with Crippen LogP contribution in [0.4, 0.5) is 0 Å². The molecule has 0 amide bonds. The molecule has 0 saturated carbocycles. The predicted molar refractivity (Wildman–Crippen MR) is 96.0 cm³/mol. The summed E-state index contributed by atoms with van der Waals surface area (Å²) in [6, 6.07) is 10.4. The van der Waals surface area contributed by atoms with E-state index in [1.54, 1.807) is 0 Å². The fourth-order valence-electron chi connectivity index (χ4n) is 2.46. The predicted octanol–water partition coefficient (Wildman–Crippen LogP) is 3.72. The van der Waals surface area contributed by atoms with Crippen LogP contribution in [0.15, 0.2) is 30.3 Å². The Kier molecular flexibility index (Phi) is 6.42. The molecule has 0 spiro atoms. The third-order valence-corrected chi connectivity index (χ3v) is 4.99. The molecule has 0 N–H and O–H groups in total. The third kappa shape index (κ3) is 4.08. The summed E-state index contributed by atoms with van der Waals surface area (Å²) in [4.78, 5) is 12.6. The van der Waals surface area contributed by atoms with Gasteiger partial charge in [0.25, 0.3) is 0 Å². The van der Waals surface area contributed by atoms with E-state index in [1.807, 2.05) is 6.92 Å². The summed E-state index contributed by atoms with van der Waals surface area (Å²) < 4.78 is 0. The van der Waals surface area contributed by atoms with Crippen molar-refractivity contribution in [2.24, 2.45) is 0 Å². The van der Waals surface area contributed by atoms with Gasteiger partial charge in [-0.05, 0) is 70.8 Å². The zero-order valence-corrected chi connectivity index (χ0v) is 13.8. The van der Waals surface area contributed by atoms with Crippen molar-refractivity contribution in [1.29, 1.82) is 0 Å². The first-order valence-corrected chi connectivity index (χ1v) is 7.85. The Labute approximate surface area is 141 Å². The third-order valence-electron chi connectivity index (χ3n) is 3.89. The fraction of sp³-hybridized carbons (Fsp3) is 0.278. The molecule has 0 aliphatic carbocycles. The number of carbonyl (C=O) groups is 1. The van der Waals surface area contributed by atoms with E-state index >= 15 is 0 Å². The second-order valence-corrected chi connectivity index (χ2v) is 6.74. The first kappa shape index (κ1) is 18.2. The van der Waals surface area contributed by atoms with Gasteiger partial charge in [-0.1, -0.05) is 35.9 Å². The first-order valence-electron chi connectivity index (χ1n) is 6.85. The zero-order valence-electron chi connectivity index (χ0n) is 12.8. The van der Waals surface area contributed by atoms with Crippen molar-refractivity contribution in [1.82, 2.24) is 0 Å². The van der Waals surface area contributed by atoms with Gasteiger partial charge >= 0.3 is 18.9 Å². The molecular formula is C18H22LiOP. The van der Waals surface area contributed by atoms with Crippen LogP contribution in [0.2, 0.25) is 0 Å². The van der Waals surface area contributed by atoms with Crippen molar-refractivity contribution in [2.45, 2.75) is 34.6 Å². The molecule has 106 valence electrons. The van der Waals surface area contributed by atoms with Gasteiger partial charge in [0.05, 0.1) is 0 Å². The van der Waals surface area contributed by atoms with Crippen LogP contribution in [0.5, 0.6) is 0 Å². The van der Waals surface area contributed by atoms with Crippen molar-refractivity contribution in [3.05, 3.63) is 63.7 Å². The molecule has 0 heterocycles. The minimum atomic E-state index is 0. The van der Waals surface area contributed by atoms with Crippen LogP contribution in [-0.2, 0) is 0 Å². The van der Waals surface area contributed by atoms with Crippen LogP contribution in [0.1, 0.15) is 38.2 Å². The van der Waals surface area contributed by atoms with Crippen molar-refractivity contribution < 1.29 is 4.79 Å². The summed E-state index contributed by atoms with van der Waals surface area (Å²) in [5.41, 5.74) is 7.09. The van der Waals surface area contributed by atoms with Gasteiger partial charge in [-0.2, -0.15) is 0 Å². The van der Waals surface area contributed by atoms with E-state index in [9.17, 15) is 4.79 Å². The van der Waals surface area contributed by atoms with Crippen LogP contribution >= 0.6 is 8.58 Å². The average molecular weight is 292 g/mol. The molecule has 0 saturated heterocycles. The van der Waals surface area contributed by atoms with Gasteiger partial charge in [-0.3, -0.25) is 4.79 Å². The maximum atomic E-state index is 12.6. The monoisotopic (exact) mass is 292 g/mol. The average Bonchev–Trinajstić information content (AvgIpc) is 2.39. The Balaban J connectivity index is 0.00000220. The van der Waals surface area contributed by atoms with Crippen LogP contribution < -0.4 is 5.30 Å². The van der Waals surface area contributed by atoms with E-state index < -0.39 is 0 Å². The molecule has 1 nitrogen and oxygen atoms in total. The van der Waals surface area contributed by atoms with Gasteiger partial charge in [0.15, 0.2) is 5.52 Å². The number of hydrogen-bond acceptors (Lipinski definition) is 1. The van der Waals surface area contributed by atoms with Gasteiger partial charge in [-0.15, -0.1) is 0 Å². The standard InChI is InChI=1S/C18H21OP.Li.H/c1-11-6-8-16(9-7-11)20-18(19)17-13(3)10-12(2)14(4)15(17)5;;/h6-10,20H,1-5H3;;. The molecule has 21 heavy (non-hydrogen) atoms. The Morgan fingerprint density at radius 1 is 0.857 bits per heavy atom. The molecule has 1 atom stereocenters. The SMILES string of the molecule is Cc1ccc(PC(=O)c2c(C)cc(C)c(C)c2C)cc1.[LiH]. The van der Waals surface area contributed by atoms with Crippen LogP contribution in [0, 0.1) is 34.6 Å². The zero-order chi connectivity index (χ0) is 14.9. The summed E-state index contributed by atoms with van der Waals surface area (Å²) in [6.45, 7) is 10.3. The van der Waals surface area contributed by atoms with Crippen LogP contribution in [-0.4, -0.2) is 24.4 Å². The Bertz CT molecular complexity index is 660. The van der Waals surface area contributed by atoms with Gasteiger partial charge < -0.3 is 0 Å². The van der Waals surface area contributed by atoms with E-state index in [1.165, 1.54) is 16.7 Å². The molecule has 2 aromatic carbocycles. The number of benzene rings is 2. The number of hydrogen-bond donors (Lipinski definition) is 0. The second-order valence-electron chi connectivity index (χ2n) is 5.46. The minimum absolute atomic E-state index is 0. The maximum absolute atomic E-state index is 12.6. The van der Waals surface area contributed by atoms with E-state index in [-0.39, 0.29) is 33.0 Å². The summed E-state index contributed by atoms with van der Waals surface area (Å²) in [5, 5.41) is 1.11. The number of carbonyl (C=O) groups excluding carboxylic acids is 1. The Morgan fingerprint density at radius 3 is 2.00 bits per heavy atom. The normalized spacial score (nSPS) is 10.7. The molecule has 0 radical (unpaired) electrons. The van der Waals surface area contributed by atoms with Crippen molar-refractivity contribution in [3.8, 4) is 0 Å². The Morgan fingerprint density at radius 2 is 1.43 bits per heavy atom. The summed E-state index contributed by atoms with van der Waals surface area (Å²) >= 11 is 0. The molecule has 0 aromatic heterocycles. The quantitative estimate of drug-likeness (QED) is 0.622. The fourth-order valence-corrected chi connectivity index (χ4v) is 3.57. The summed E-state index contributed by atoms with van der Waals surface area (Å²) in [5.74, 6) is 0. The van der Waals surface area contributed by atoms with Crippen molar-refractivity contribution in [3.63, 3.8) is 0 Å². The topological polar surface area (TPSA) is 17.1 Å². The van der Waals surface area contributed by atoms with Crippen LogP contribution in [0.3, 0.4) is 0 Å². The molecule has 3 heteroatoms. The molecule has 0 aliphatic rings. The summed E-state index contributed by atoms with van der Waals surface area (Å²) in [7, 11) is 0.199. The van der Waals surface area contributed by atoms with Crippen molar-refractivity contribution in [2.75, 3.05) is 0 Å². The van der Waals surface area contributed by atoms with Crippen molar-refractivity contribution >= 4 is 38.3 Å². The molecule has 1 unspecified atom stereocenters. The van der Waals surface area contributed by atoms with E-state index in [2.05, 4.69) is 58.0 Å². The van der Waals surface area contributed by atoms with Gasteiger partial charge in [0.1, 0.15) is 0 Å². The van der Waals surface area contributed by atoms with Gasteiger partial charge in [0, 0.05) is 5.56 Å². The van der Waals surface area contributed by atoms with Gasteiger partial charge in [-0.25, -0.2) is 0 Å². The first-order chi connectivity index (χ1) is 9.40. The van der Waals surface area contributed by atoms with Gasteiger partial charge in [0.2, 0.25) is 0 Å². The van der Waals surface area contributed by atoms with Crippen LogP contribution in [0.25, 0.3) is 0 Å². The molecule has 2 rings (SSSR count). The molecule has 2 aromatic rings. The number of rotatable bonds is 3. The molecule has 0 bridgehead atoms. The second kappa shape index (κ2) is 7.42. The van der Waals surface area contributed by atoms with E-state index in [0.29, 0.717) is 0 Å². The Hall–Kier alpha value is -0.863. The molecular weight excluding hydrogens is 270 g/mol. The number of aryl methyl sites for hydroxylation is 3.